The largest absolute Gasteiger partial charge is 0.493 e. The van der Waals surface area contributed by atoms with Gasteiger partial charge in [0.15, 0.2) is 11.5 Å². The van der Waals surface area contributed by atoms with Gasteiger partial charge in [-0.2, -0.15) is 0 Å². The van der Waals surface area contributed by atoms with Gasteiger partial charge in [-0.3, -0.25) is 4.79 Å². The van der Waals surface area contributed by atoms with Crippen LogP contribution in [-0.4, -0.2) is 51.2 Å². The molecule has 138 valence electrons. The SMILES string of the molecule is COc1ccc(N2CCN(C(=O)c3ccc(Cl)c(Cl)c3)CC2)cc1OC. The van der Waals surface area contributed by atoms with E-state index < -0.39 is 0 Å². The highest BCUT2D eigenvalue weighted by molar-refractivity contribution is 6.42. The van der Waals surface area contributed by atoms with Gasteiger partial charge in [-0.1, -0.05) is 23.2 Å². The molecule has 0 aliphatic carbocycles. The number of methoxy groups -OCH3 is 2. The molecule has 1 saturated heterocycles. The Labute approximate surface area is 163 Å². The molecule has 1 heterocycles. The molecule has 0 radical (unpaired) electrons. The lowest BCUT2D eigenvalue weighted by Gasteiger charge is -2.36. The summed E-state index contributed by atoms with van der Waals surface area (Å²) in [6.07, 6.45) is 0. The zero-order chi connectivity index (χ0) is 18.7. The molecule has 3 rings (SSSR count). The average Bonchev–Trinajstić information content (AvgIpc) is 2.69. The summed E-state index contributed by atoms with van der Waals surface area (Å²) < 4.78 is 10.6. The maximum absolute atomic E-state index is 12.7. The first-order chi connectivity index (χ1) is 12.5. The third-order valence-electron chi connectivity index (χ3n) is 4.47. The maximum atomic E-state index is 12.7. The van der Waals surface area contributed by atoms with Crippen LogP contribution in [0.25, 0.3) is 0 Å². The van der Waals surface area contributed by atoms with Crippen molar-refractivity contribution in [2.75, 3.05) is 45.3 Å². The van der Waals surface area contributed by atoms with Gasteiger partial charge < -0.3 is 19.3 Å². The van der Waals surface area contributed by atoms with Crippen molar-refractivity contribution in [2.45, 2.75) is 0 Å². The standard InChI is InChI=1S/C19H20Cl2N2O3/c1-25-17-6-4-14(12-18(17)26-2)22-7-9-23(10-8-22)19(24)13-3-5-15(20)16(21)11-13/h3-6,11-12H,7-10H2,1-2H3. The maximum Gasteiger partial charge on any atom is 0.254 e. The summed E-state index contributed by atoms with van der Waals surface area (Å²) in [5.41, 5.74) is 1.60. The van der Waals surface area contributed by atoms with E-state index in [0.717, 1.165) is 18.8 Å². The van der Waals surface area contributed by atoms with E-state index in [0.29, 0.717) is 40.2 Å². The number of carbonyl (C=O) groups is 1. The number of hydrogen-bond acceptors (Lipinski definition) is 4. The van der Waals surface area contributed by atoms with Crippen LogP contribution < -0.4 is 14.4 Å². The minimum Gasteiger partial charge on any atom is -0.493 e. The minimum atomic E-state index is -0.0319. The lowest BCUT2D eigenvalue weighted by molar-refractivity contribution is 0.0747. The molecule has 0 unspecified atom stereocenters. The van der Waals surface area contributed by atoms with Crippen LogP contribution >= 0.6 is 23.2 Å². The van der Waals surface area contributed by atoms with Crippen molar-refractivity contribution in [2.24, 2.45) is 0 Å². The Bertz CT molecular complexity index is 805. The number of nitrogens with zero attached hydrogens (tertiary/aromatic N) is 2. The van der Waals surface area contributed by atoms with Gasteiger partial charge in [-0.05, 0) is 30.3 Å². The van der Waals surface area contributed by atoms with Gasteiger partial charge in [0.2, 0.25) is 0 Å². The zero-order valence-electron chi connectivity index (χ0n) is 14.7. The van der Waals surface area contributed by atoms with E-state index in [9.17, 15) is 4.79 Å². The summed E-state index contributed by atoms with van der Waals surface area (Å²) >= 11 is 11.9. The Morgan fingerprint density at radius 2 is 1.58 bits per heavy atom. The number of hydrogen-bond donors (Lipinski definition) is 0. The van der Waals surface area contributed by atoms with Crippen LogP contribution in [-0.2, 0) is 0 Å². The first-order valence-corrected chi connectivity index (χ1v) is 9.00. The number of carbonyl (C=O) groups excluding carboxylic acids is 1. The molecular weight excluding hydrogens is 375 g/mol. The molecule has 1 aliphatic rings. The van der Waals surface area contributed by atoms with Crippen LogP contribution in [0.1, 0.15) is 10.4 Å². The van der Waals surface area contributed by atoms with Gasteiger partial charge in [0, 0.05) is 43.5 Å². The molecule has 0 saturated carbocycles. The van der Waals surface area contributed by atoms with Gasteiger partial charge >= 0.3 is 0 Å². The summed E-state index contributed by atoms with van der Waals surface area (Å²) in [7, 11) is 3.24. The molecular formula is C19H20Cl2N2O3. The number of rotatable bonds is 4. The second-order valence-electron chi connectivity index (χ2n) is 5.95. The second kappa shape index (κ2) is 8.06. The number of ether oxygens (including phenoxy) is 2. The van der Waals surface area contributed by atoms with Crippen molar-refractivity contribution in [3.8, 4) is 11.5 Å². The van der Waals surface area contributed by atoms with Crippen molar-refractivity contribution in [3.63, 3.8) is 0 Å². The van der Waals surface area contributed by atoms with Gasteiger partial charge in [0.1, 0.15) is 0 Å². The molecule has 0 aromatic heterocycles. The molecule has 0 N–H and O–H groups in total. The molecule has 2 aromatic rings. The van der Waals surface area contributed by atoms with Crippen molar-refractivity contribution in [3.05, 3.63) is 52.0 Å². The molecule has 7 heteroatoms. The molecule has 5 nitrogen and oxygen atoms in total. The molecule has 1 fully saturated rings. The predicted molar refractivity (Wildman–Crippen MR) is 104 cm³/mol. The third kappa shape index (κ3) is 3.84. The Balaban J connectivity index is 1.67. The molecule has 0 atom stereocenters. The number of benzene rings is 2. The fraction of sp³-hybridized carbons (Fsp3) is 0.316. The Morgan fingerprint density at radius 3 is 2.19 bits per heavy atom. The summed E-state index contributed by atoms with van der Waals surface area (Å²) in [6.45, 7) is 2.74. The molecule has 2 aromatic carbocycles. The van der Waals surface area contributed by atoms with Crippen LogP contribution in [0.15, 0.2) is 36.4 Å². The van der Waals surface area contributed by atoms with E-state index in [1.165, 1.54) is 0 Å². The normalized spacial score (nSPS) is 14.3. The third-order valence-corrected chi connectivity index (χ3v) is 5.20. The van der Waals surface area contributed by atoms with Gasteiger partial charge in [-0.15, -0.1) is 0 Å². The molecule has 0 spiro atoms. The van der Waals surface area contributed by atoms with Gasteiger partial charge in [0.25, 0.3) is 5.91 Å². The molecule has 1 aliphatic heterocycles. The number of piperazine rings is 1. The first-order valence-electron chi connectivity index (χ1n) is 8.25. The Hall–Kier alpha value is -2.11. The fourth-order valence-electron chi connectivity index (χ4n) is 3.00. The lowest BCUT2D eigenvalue weighted by Crippen LogP contribution is -2.48. The number of halogens is 2. The zero-order valence-corrected chi connectivity index (χ0v) is 16.2. The lowest BCUT2D eigenvalue weighted by atomic mass is 10.1. The van der Waals surface area contributed by atoms with E-state index in [-0.39, 0.29) is 5.91 Å². The average molecular weight is 395 g/mol. The smallest absolute Gasteiger partial charge is 0.254 e. The highest BCUT2D eigenvalue weighted by atomic mass is 35.5. The highest BCUT2D eigenvalue weighted by Gasteiger charge is 2.23. The van der Waals surface area contributed by atoms with Crippen LogP contribution in [0, 0.1) is 0 Å². The van der Waals surface area contributed by atoms with Gasteiger partial charge in [-0.25, -0.2) is 0 Å². The molecule has 0 bridgehead atoms. The van der Waals surface area contributed by atoms with Gasteiger partial charge in [0.05, 0.1) is 24.3 Å². The first kappa shape index (κ1) is 18.7. The fourth-order valence-corrected chi connectivity index (χ4v) is 3.30. The monoisotopic (exact) mass is 394 g/mol. The van der Waals surface area contributed by atoms with E-state index >= 15 is 0 Å². The van der Waals surface area contributed by atoms with Crippen molar-refractivity contribution < 1.29 is 14.3 Å². The quantitative estimate of drug-likeness (QED) is 0.786. The second-order valence-corrected chi connectivity index (χ2v) is 6.76. The van der Waals surface area contributed by atoms with Crippen molar-refractivity contribution in [1.29, 1.82) is 0 Å². The molecule has 26 heavy (non-hydrogen) atoms. The predicted octanol–water partition coefficient (Wildman–Crippen LogP) is 3.97. The van der Waals surface area contributed by atoms with E-state index in [4.69, 9.17) is 32.7 Å². The minimum absolute atomic E-state index is 0.0319. The van der Waals surface area contributed by atoms with E-state index in [2.05, 4.69) is 4.90 Å². The molecule has 1 amide bonds. The van der Waals surface area contributed by atoms with Crippen molar-refractivity contribution in [1.82, 2.24) is 4.90 Å². The van der Waals surface area contributed by atoms with Crippen molar-refractivity contribution >= 4 is 34.8 Å². The number of anilines is 1. The summed E-state index contributed by atoms with van der Waals surface area (Å²) in [5.74, 6) is 1.36. The Morgan fingerprint density at radius 1 is 0.885 bits per heavy atom. The highest BCUT2D eigenvalue weighted by Crippen LogP contribution is 2.32. The number of amides is 1. The van der Waals surface area contributed by atoms with Crippen LogP contribution in [0.5, 0.6) is 11.5 Å². The summed E-state index contributed by atoms with van der Waals surface area (Å²) in [4.78, 5) is 16.7. The van der Waals surface area contributed by atoms with Crippen LogP contribution in [0.2, 0.25) is 10.0 Å². The topological polar surface area (TPSA) is 42.0 Å². The summed E-state index contributed by atoms with van der Waals surface area (Å²) in [5, 5.41) is 0.836. The Kier molecular flexibility index (Phi) is 5.79. The van der Waals surface area contributed by atoms with Crippen LogP contribution in [0.4, 0.5) is 5.69 Å². The van der Waals surface area contributed by atoms with E-state index in [1.54, 1.807) is 32.4 Å². The summed E-state index contributed by atoms with van der Waals surface area (Å²) in [6, 6.07) is 10.8. The van der Waals surface area contributed by atoms with E-state index in [1.807, 2.05) is 23.1 Å². The van der Waals surface area contributed by atoms with Crippen LogP contribution in [0.3, 0.4) is 0 Å².